The fourth-order valence-corrected chi connectivity index (χ4v) is 2.02. The maximum absolute atomic E-state index is 8.90. The first-order valence-corrected chi connectivity index (χ1v) is 6.08. The van der Waals surface area contributed by atoms with Gasteiger partial charge < -0.3 is 20.8 Å². The van der Waals surface area contributed by atoms with E-state index in [1.54, 1.807) is 0 Å². The van der Waals surface area contributed by atoms with Crippen LogP contribution in [0.3, 0.4) is 0 Å². The molecule has 2 rings (SSSR count). The van der Waals surface area contributed by atoms with Crippen molar-refractivity contribution in [1.82, 2.24) is 0 Å². The van der Waals surface area contributed by atoms with Gasteiger partial charge in [0.2, 0.25) is 0 Å². The molecule has 0 unspecified atom stereocenters. The average Bonchev–Trinajstić information content (AvgIpc) is 2.42. The van der Waals surface area contributed by atoms with Crippen LogP contribution in [0.15, 0.2) is 36.4 Å². The molecule has 0 saturated heterocycles. The molecular weight excluding hydrogens is 228 g/mol. The highest BCUT2D eigenvalue weighted by Crippen LogP contribution is 2.30. The summed E-state index contributed by atoms with van der Waals surface area (Å²) in [4.78, 5) is 0. The molecule has 4 nitrogen and oxygen atoms in total. The monoisotopic (exact) mass is 246 g/mol. The van der Waals surface area contributed by atoms with Crippen LogP contribution in [0.1, 0.15) is 0 Å². The summed E-state index contributed by atoms with van der Waals surface area (Å²) < 4.78 is 0. The molecule has 0 aliphatic carbocycles. The third kappa shape index (κ3) is 2.72. The third-order valence-corrected chi connectivity index (χ3v) is 2.76. The second kappa shape index (κ2) is 6.23. The molecule has 0 spiro atoms. The predicted octanol–water partition coefficient (Wildman–Crippen LogP) is 1.65. The summed E-state index contributed by atoms with van der Waals surface area (Å²) in [5.41, 5.74) is 1.98. The van der Waals surface area contributed by atoms with Gasteiger partial charge in [-0.05, 0) is 17.5 Å². The number of hydrogen-bond donors (Lipinski definition) is 4. The molecule has 0 radical (unpaired) electrons. The minimum atomic E-state index is 0.0998. The molecule has 0 aliphatic rings. The maximum atomic E-state index is 8.90. The predicted molar refractivity (Wildman–Crippen MR) is 75.1 cm³/mol. The molecule has 4 N–H and O–H groups in total. The van der Waals surface area contributed by atoms with Gasteiger partial charge in [0.15, 0.2) is 0 Å². The molecule has 0 heterocycles. The van der Waals surface area contributed by atoms with Crippen LogP contribution < -0.4 is 10.6 Å². The van der Waals surface area contributed by atoms with Gasteiger partial charge in [-0.2, -0.15) is 0 Å². The van der Waals surface area contributed by atoms with E-state index in [-0.39, 0.29) is 13.2 Å². The third-order valence-electron chi connectivity index (χ3n) is 2.76. The number of rotatable bonds is 6. The quantitative estimate of drug-likeness (QED) is 0.626. The first kappa shape index (κ1) is 12.7. The Kier molecular flexibility index (Phi) is 4.39. The number of hydrogen-bond acceptors (Lipinski definition) is 4. The van der Waals surface area contributed by atoms with Crippen LogP contribution in [0, 0.1) is 0 Å². The fourth-order valence-electron chi connectivity index (χ4n) is 2.02. The SMILES string of the molecule is OCCNc1cccc2cccc(NCCO)c12. The first-order chi connectivity index (χ1) is 8.86. The van der Waals surface area contributed by atoms with Crippen molar-refractivity contribution in [3.05, 3.63) is 36.4 Å². The molecular formula is C14H18N2O2. The van der Waals surface area contributed by atoms with E-state index in [1.807, 2.05) is 36.4 Å². The molecule has 0 saturated carbocycles. The van der Waals surface area contributed by atoms with Gasteiger partial charge in [-0.25, -0.2) is 0 Å². The number of anilines is 2. The van der Waals surface area contributed by atoms with Gasteiger partial charge in [0.1, 0.15) is 0 Å². The Labute approximate surface area is 106 Å². The summed E-state index contributed by atoms with van der Waals surface area (Å²) in [6.07, 6.45) is 0. The first-order valence-electron chi connectivity index (χ1n) is 6.08. The topological polar surface area (TPSA) is 64.5 Å². The van der Waals surface area contributed by atoms with Crippen molar-refractivity contribution in [1.29, 1.82) is 0 Å². The van der Waals surface area contributed by atoms with Crippen LogP contribution in [0.4, 0.5) is 11.4 Å². The second-order valence-electron chi connectivity index (χ2n) is 4.01. The second-order valence-corrected chi connectivity index (χ2v) is 4.01. The summed E-state index contributed by atoms with van der Waals surface area (Å²) >= 11 is 0. The molecule has 0 fully saturated rings. The van der Waals surface area contributed by atoms with E-state index >= 15 is 0 Å². The maximum Gasteiger partial charge on any atom is 0.0604 e. The Morgan fingerprint density at radius 2 is 1.28 bits per heavy atom. The van der Waals surface area contributed by atoms with Gasteiger partial charge in [-0.1, -0.05) is 24.3 Å². The van der Waals surface area contributed by atoms with E-state index in [2.05, 4.69) is 10.6 Å². The highest BCUT2D eigenvalue weighted by molar-refractivity contribution is 6.03. The standard InChI is InChI=1S/C14H18N2O2/c17-9-7-15-12-5-1-3-11-4-2-6-13(14(11)12)16-8-10-18/h1-6,15-18H,7-10H2. The van der Waals surface area contributed by atoms with Crippen LogP contribution in [-0.2, 0) is 0 Å². The number of aliphatic hydroxyl groups excluding tert-OH is 2. The number of nitrogens with one attached hydrogen (secondary N) is 2. The van der Waals surface area contributed by atoms with Crippen molar-refractivity contribution in [3.8, 4) is 0 Å². The fraction of sp³-hybridized carbons (Fsp3) is 0.286. The molecule has 0 aromatic heterocycles. The van der Waals surface area contributed by atoms with E-state index in [0.717, 1.165) is 22.1 Å². The molecule has 0 amide bonds. The summed E-state index contributed by atoms with van der Waals surface area (Å²) in [5.74, 6) is 0. The molecule has 2 aromatic carbocycles. The van der Waals surface area contributed by atoms with E-state index in [4.69, 9.17) is 10.2 Å². The summed E-state index contributed by atoms with van der Waals surface area (Å²) in [5, 5.41) is 26.4. The molecule has 0 aliphatic heterocycles. The minimum Gasteiger partial charge on any atom is -0.395 e. The van der Waals surface area contributed by atoms with E-state index in [9.17, 15) is 0 Å². The Morgan fingerprint density at radius 3 is 1.72 bits per heavy atom. The zero-order valence-electron chi connectivity index (χ0n) is 10.2. The molecule has 2 aromatic rings. The zero-order chi connectivity index (χ0) is 12.8. The van der Waals surface area contributed by atoms with Gasteiger partial charge in [-0.3, -0.25) is 0 Å². The van der Waals surface area contributed by atoms with E-state index in [1.165, 1.54) is 0 Å². The van der Waals surface area contributed by atoms with Crippen molar-refractivity contribution in [2.24, 2.45) is 0 Å². The van der Waals surface area contributed by atoms with Crippen LogP contribution in [0.2, 0.25) is 0 Å². The van der Waals surface area contributed by atoms with Crippen LogP contribution in [-0.4, -0.2) is 36.5 Å². The van der Waals surface area contributed by atoms with Gasteiger partial charge in [-0.15, -0.1) is 0 Å². The van der Waals surface area contributed by atoms with Crippen molar-refractivity contribution in [3.63, 3.8) is 0 Å². The number of aliphatic hydroxyl groups is 2. The van der Waals surface area contributed by atoms with Gasteiger partial charge in [0.05, 0.1) is 13.2 Å². The van der Waals surface area contributed by atoms with Crippen LogP contribution >= 0.6 is 0 Å². The minimum absolute atomic E-state index is 0.0998. The molecule has 0 bridgehead atoms. The summed E-state index contributed by atoms with van der Waals surface area (Å²) in [7, 11) is 0. The Hall–Kier alpha value is -1.78. The highest BCUT2D eigenvalue weighted by Gasteiger charge is 2.05. The van der Waals surface area contributed by atoms with Crippen LogP contribution in [0.5, 0.6) is 0 Å². The Morgan fingerprint density at radius 1 is 0.778 bits per heavy atom. The van der Waals surface area contributed by atoms with Crippen LogP contribution in [0.25, 0.3) is 10.8 Å². The lowest BCUT2D eigenvalue weighted by Crippen LogP contribution is -2.08. The summed E-state index contributed by atoms with van der Waals surface area (Å²) in [6, 6.07) is 12.0. The van der Waals surface area contributed by atoms with Crippen molar-refractivity contribution in [2.75, 3.05) is 36.9 Å². The van der Waals surface area contributed by atoms with Gasteiger partial charge in [0, 0.05) is 29.9 Å². The van der Waals surface area contributed by atoms with Crippen molar-refractivity contribution < 1.29 is 10.2 Å². The molecule has 96 valence electrons. The van der Waals surface area contributed by atoms with Gasteiger partial charge in [0.25, 0.3) is 0 Å². The molecule has 18 heavy (non-hydrogen) atoms. The lowest BCUT2D eigenvalue weighted by molar-refractivity contribution is 0.311. The smallest absolute Gasteiger partial charge is 0.0604 e. The van der Waals surface area contributed by atoms with Crippen molar-refractivity contribution in [2.45, 2.75) is 0 Å². The Bertz CT molecular complexity index is 471. The Balaban J connectivity index is 2.42. The lowest BCUT2D eigenvalue weighted by Gasteiger charge is -2.14. The average molecular weight is 246 g/mol. The highest BCUT2D eigenvalue weighted by atomic mass is 16.3. The number of benzene rings is 2. The number of fused-ring (bicyclic) bond motifs is 1. The zero-order valence-corrected chi connectivity index (χ0v) is 10.2. The van der Waals surface area contributed by atoms with E-state index in [0.29, 0.717) is 13.1 Å². The lowest BCUT2D eigenvalue weighted by atomic mass is 10.1. The van der Waals surface area contributed by atoms with Crippen molar-refractivity contribution >= 4 is 22.1 Å². The largest absolute Gasteiger partial charge is 0.395 e. The normalized spacial score (nSPS) is 10.6. The van der Waals surface area contributed by atoms with Gasteiger partial charge >= 0.3 is 0 Å². The molecule has 0 atom stereocenters. The summed E-state index contributed by atoms with van der Waals surface area (Å²) in [6.45, 7) is 1.24. The van der Waals surface area contributed by atoms with E-state index < -0.39 is 0 Å². The molecule has 4 heteroatoms.